The van der Waals surface area contributed by atoms with Crippen LogP contribution in [0.25, 0.3) is 99.4 Å². The molecule has 1 aliphatic carbocycles. The lowest BCUT2D eigenvalue weighted by Crippen LogP contribution is -2.20. The van der Waals surface area contributed by atoms with Crippen LogP contribution in [0.3, 0.4) is 0 Å². The molecular weight excluding hydrogens is 776 g/mol. The quantitative estimate of drug-likeness (QED) is 0.134. The van der Waals surface area contributed by atoms with Crippen LogP contribution in [-0.4, -0.2) is 0 Å². The van der Waals surface area contributed by atoms with Crippen molar-refractivity contribution in [1.82, 2.24) is 0 Å². The molecule has 0 saturated heterocycles. The Morgan fingerprint density at radius 3 is 1.02 bits per heavy atom. The van der Waals surface area contributed by atoms with Crippen LogP contribution in [0.1, 0.15) is 0 Å². The summed E-state index contributed by atoms with van der Waals surface area (Å²) in [4.78, 5) is 0. The Morgan fingerprint density at radius 2 is 0.540 bits per heavy atom. The molecule has 0 aromatic heterocycles. The minimum atomic E-state index is -0.631. The highest BCUT2D eigenvalue weighted by Crippen LogP contribution is 2.58. The molecule has 0 fully saturated rings. The van der Waals surface area contributed by atoms with Crippen molar-refractivity contribution in [3.63, 3.8) is 0 Å². The van der Waals surface area contributed by atoms with Crippen LogP contribution in [0.4, 0.5) is 0 Å². The molecule has 1 aliphatic rings. The van der Waals surface area contributed by atoms with Gasteiger partial charge in [-0.05, 0) is 123 Å². The maximum atomic E-state index is 2.38. The largest absolute Gasteiger partial charge is 0.0622 e. The van der Waals surface area contributed by atoms with Gasteiger partial charge in [0.2, 0.25) is 0 Å². The lowest BCUT2D eigenvalue weighted by Gasteiger charge is -2.20. The van der Waals surface area contributed by atoms with Crippen LogP contribution < -0.4 is 15.9 Å². The van der Waals surface area contributed by atoms with Gasteiger partial charge in [-0.1, -0.05) is 249 Å². The third-order valence-electron chi connectivity index (χ3n) is 12.8. The van der Waals surface area contributed by atoms with Crippen LogP contribution >= 0.6 is 7.92 Å². The van der Waals surface area contributed by atoms with Crippen molar-refractivity contribution in [3.8, 4) is 77.9 Å². The molecule has 1 heteroatoms. The standard InChI is InChI=1S/C62H41P/c1-5-16-47(17-6-1)58-54-24-13-14-25-55(54)59(48-18-7-2-8-19-48)62-57-41-40-52(53-26-15-27-56(60(53)57)61(58)62)46-34-32-44(33-35-46)42-28-30-43(31-29-42)45-36-38-51(39-37-45)63(49-20-9-3-10-21-49)50-22-11-4-12-23-50/h1-41H. The van der Waals surface area contributed by atoms with Crippen molar-refractivity contribution in [2.24, 2.45) is 0 Å². The molecule has 12 rings (SSSR count). The van der Waals surface area contributed by atoms with E-state index in [1.165, 1.54) is 115 Å². The summed E-state index contributed by atoms with van der Waals surface area (Å²) in [6, 6.07) is 91.7. The number of benzene rings is 11. The van der Waals surface area contributed by atoms with Crippen LogP contribution in [0.5, 0.6) is 0 Å². The van der Waals surface area contributed by atoms with E-state index in [1.54, 1.807) is 0 Å². The van der Waals surface area contributed by atoms with E-state index in [0.29, 0.717) is 0 Å². The van der Waals surface area contributed by atoms with E-state index < -0.39 is 7.92 Å². The fourth-order valence-electron chi connectivity index (χ4n) is 9.96. The molecule has 0 nitrogen and oxygen atoms in total. The summed E-state index contributed by atoms with van der Waals surface area (Å²) < 4.78 is 0. The molecule has 0 spiro atoms. The molecule has 0 saturated carbocycles. The van der Waals surface area contributed by atoms with Crippen LogP contribution in [-0.2, 0) is 0 Å². The molecular formula is C62H41P. The second-order valence-electron chi connectivity index (χ2n) is 16.4. The summed E-state index contributed by atoms with van der Waals surface area (Å²) in [6.45, 7) is 0. The highest BCUT2D eigenvalue weighted by molar-refractivity contribution is 7.79. The molecule has 294 valence electrons. The van der Waals surface area contributed by atoms with Gasteiger partial charge in [-0.15, -0.1) is 0 Å². The second-order valence-corrected chi connectivity index (χ2v) is 18.6. The van der Waals surface area contributed by atoms with Gasteiger partial charge >= 0.3 is 0 Å². The minimum Gasteiger partial charge on any atom is -0.0622 e. The third-order valence-corrected chi connectivity index (χ3v) is 15.3. The maximum absolute atomic E-state index is 2.38. The van der Waals surface area contributed by atoms with Crippen molar-refractivity contribution in [1.29, 1.82) is 0 Å². The Bertz CT molecular complexity index is 3300. The topological polar surface area (TPSA) is 0 Å². The lowest BCUT2D eigenvalue weighted by atomic mass is 9.82. The van der Waals surface area contributed by atoms with Gasteiger partial charge in [0.1, 0.15) is 0 Å². The van der Waals surface area contributed by atoms with Gasteiger partial charge in [0.15, 0.2) is 0 Å². The zero-order valence-electron chi connectivity index (χ0n) is 34.6. The van der Waals surface area contributed by atoms with Gasteiger partial charge in [0.25, 0.3) is 0 Å². The van der Waals surface area contributed by atoms with E-state index in [2.05, 4.69) is 249 Å². The second kappa shape index (κ2) is 15.7. The first-order valence-corrected chi connectivity index (χ1v) is 23.1. The van der Waals surface area contributed by atoms with Gasteiger partial charge in [0, 0.05) is 0 Å². The van der Waals surface area contributed by atoms with Crippen molar-refractivity contribution < 1.29 is 0 Å². The molecule has 0 bridgehead atoms. The Kier molecular flexibility index (Phi) is 9.25. The summed E-state index contributed by atoms with van der Waals surface area (Å²) in [7, 11) is -0.631. The van der Waals surface area contributed by atoms with Crippen molar-refractivity contribution in [3.05, 3.63) is 249 Å². The van der Waals surface area contributed by atoms with Gasteiger partial charge in [-0.3, -0.25) is 0 Å². The maximum Gasteiger partial charge on any atom is -0.000741 e. The van der Waals surface area contributed by atoms with Crippen molar-refractivity contribution in [2.75, 3.05) is 0 Å². The Balaban J connectivity index is 0.891. The highest BCUT2D eigenvalue weighted by Gasteiger charge is 2.31. The zero-order chi connectivity index (χ0) is 41.7. The Hall–Kier alpha value is -7.63. The van der Waals surface area contributed by atoms with Crippen molar-refractivity contribution in [2.45, 2.75) is 0 Å². The first kappa shape index (κ1) is 37.2. The van der Waals surface area contributed by atoms with E-state index in [-0.39, 0.29) is 0 Å². The van der Waals surface area contributed by atoms with Gasteiger partial charge in [-0.25, -0.2) is 0 Å². The summed E-state index contributed by atoms with van der Waals surface area (Å²) in [5.74, 6) is 0. The first-order chi connectivity index (χ1) is 31.3. The average Bonchev–Trinajstić information content (AvgIpc) is 3.69. The number of hydrogen-bond acceptors (Lipinski definition) is 0. The van der Waals surface area contributed by atoms with E-state index in [1.807, 2.05) is 0 Å². The lowest BCUT2D eigenvalue weighted by molar-refractivity contribution is 1.59. The van der Waals surface area contributed by atoms with Gasteiger partial charge in [0.05, 0.1) is 0 Å². The fraction of sp³-hybridized carbons (Fsp3) is 0. The summed E-state index contributed by atoms with van der Waals surface area (Å²) >= 11 is 0. The summed E-state index contributed by atoms with van der Waals surface area (Å²) in [6.07, 6.45) is 0. The number of rotatable bonds is 8. The number of hydrogen-bond donors (Lipinski definition) is 0. The SMILES string of the molecule is c1ccc(-c2c3c(c(-c4ccccc4)c4ccccc24)-c2ccc(-c4ccc(-c5ccc(-c6ccc(P(c7ccccc7)c7ccccc7)cc6)cc5)cc4)c4cccc-3c24)cc1. The van der Waals surface area contributed by atoms with Crippen LogP contribution in [0.15, 0.2) is 249 Å². The van der Waals surface area contributed by atoms with E-state index >= 15 is 0 Å². The summed E-state index contributed by atoms with van der Waals surface area (Å²) in [5.41, 5.74) is 17.7. The van der Waals surface area contributed by atoms with Gasteiger partial charge < -0.3 is 0 Å². The molecule has 0 radical (unpaired) electrons. The molecule has 0 atom stereocenters. The highest BCUT2D eigenvalue weighted by atomic mass is 31.1. The molecule has 0 unspecified atom stereocenters. The van der Waals surface area contributed by atoms with E-state index in [4.69, 9.17) is 0 Å². The fourth-order valence-corrected chi connectivity index (χ4v) is 12.2. The monoisotopic (exact) mass is 816 g/mol. The molecule has 0 aliphatic heterocycles. The Morgan fingerprint density at radius 1 is 0.190 bits per heavy atom. The third kappa shape index (κ3) is 6.42. The average molecular weight is 817 g/mol. The molecule has 11 aromatic rings. The van der Waals surface area contributed by atoms with Gasteiger partial charge in [-0.2, -0.15) is 0 Å². The summed E-state index contributed by atoms with van der Waals surface area (Å²) in [5, 5.41) is 9.27. The predicted molar refractivity (Wildman–Crippen MR) is 272 cm³/mol. The van der Waals surface area contributed by atoms with Crippen LogP contribution in [0, 0.1) is 0 Å². The van der Waals surface area contributed by atoms with E-state index in [0.717, 1.165) is 0 Å². The van der Waals surface area contributed by atoms with Crippen LogP contribution in [0.2, 0.25) is 0 Å². The van der Waals surface area contributed by atoms with Crippen molar-refractivity contribution >= 4 is 45.4 Å². The Labute approximate surface area is 370 Å². The molecule has 0 N–H and O–H groups in total. The molecule has 63 heavy (non-hydrogen) atoms. The molecule has 0 heterocycles. The smallest absolute Gasteiger partial charge is 0.000741 e. The predicted octanol–water partition coefficient (Wildman–Crippen LogP) is 15.7. The minimum absolute atomic E-state index is 0.631. The normalized spacial score (nSPS) is 11.6. The molecule has 11 aromatic carbocycles. The first-order valence-electron chi connectivity index (χ1n) is 21.8. The zero-order valence-corrected chi connectivity index (χ0v) is 35.5. The van der Waals surface area contributed by atoms with E-state index in [9.17, 15) is 0 Å². The number of fused-ring (bicyclic) bond motifs is 4. The molecule has 0 amide bonds.